The quantitative estimate of drug-likeness (QED) is 0.392. The van der Waals surface area contributed by atoms with Gasteiger partial charge in [0.15, 0.2) is 23.0 Å². The summed E-state index contributed by atoms with van der Waals surface area (Å²) in [5.74, 6) is 1.53. The van der Waals surface area contributed by atoms with E-state index in [9.17, 15) is 9.90 Å². The number of benzene rings is 3. The molecule has 0 aliphatic carbocycles. The first-order chi connectivity index (χ1) is 15.4. The van der Waals surface area contributed by atoms with Gasteiger partial charge < -0.3 is 29.4 Å². The molecule has 0 bridgehead atoms. The Balaban J connectivity index is 1.47. The maximum atomic E-state index is 11.2. The van der Waals surface area contributed by atoms with Crippen LogP contribution in [-0.4, -0.2) is 25.0 Å². The predicted octanol–water partition coefficient (Wildman–Crippen LogP) is 5.73. The third-order valence-corrected chi connectivity index (χ3v) is 5.72. The van der Waals surface area contributed by atoms with Crippen molar-refractivity contribution < 1.29 is 28.8 Å². The summed E-state index contributed by atoms with van der Waals surface area (Å²) >= 11 is 9.74. The van der Waals surface area contributed by atoms with Gasteiger partial charge in [0, 0.05) is 6.54 Å². The minimum Gasteiger partial charge on any atom is -0.493 e. The molecule has 0 atom stereocenters. The van der Waals surface area contributed by atoms with Gasteiger partial charge in [-0.05, 0) is 69.5 Å². The predicted molar refractivity (Wildman–Crippen MR) is 123 cm³/mol. The summed E-state index contributed by atoms with van der Waals surface area (Å²) in [4.78, 5) is 11.2. The van der Waals surface area contributed by atoms with Gasteiger partial charge in [0.1, 0.15) is 6.61 Å². The first-order valence-corrected chi connectivity index (χ1v) is 10.8. The highest BCUT2D eigenvalue weighted by atomic mass is 79.9. The zero-order valence-corrected chi connectivity index (χ0v) is 19.3. The van der Waals surface area contributed by atoms with E-state index in [2.05, 4.69) is 21.2 Å². The summed E-state index contributed by atoms with van der Waals surface area (Å²) in [6.07, 6.45) is 0. The van der Waals surface area contributed by atoms with Crippen LogP contribution in [0.4, 0.5) is 5.69 Å². The Kier molecular flexibility index (Phi) is 6.62. The average Bonchev–Trinajstić information content (AvgIpc) is 3.25. The maximum absolute atomic E-state index is 11.2. The smallest absolute Gasteiger partial charge is 0.335 e. The molecule has 4 rings (SSSR count). The standard InChI is InChI=1S/C23H19BrClNO6/c1-29-21-8-14(10-26-18-9-15(23(27)28)3-4-17(18)25)6-16(24)22(21)30-11-13-2-5-19-20(7-13)32-12-31-19/h2-9,26H,10-12H2,1H3,(H,27,28). The first kappa shape index (κ1) is 22.1. The molecule has 7 nitrogen and oxygen atoms in total. The number of anilines is 1. The zero-order chi connectivity index (χ0) is 22.7. The van der Waals surface area contributed by atoms with Gasteiger partial charge in [0.2, 0.25) is 6.79 Å². The van der Waals surface area contributed by atoms with Crippen molar-refractivity contribution >= 4 is 39.2 Å². The summed E-state index contributed by atoms with van der Waals surface area (Å²) in [5, 5.41) is 12.8. The van der Waals surface area contributed by atoms with Crippen molar-refractivity contribution in [2.24, 2.45) is 0 Å². The molecule has 3 aromatic rings. The molecule has 1 heterocycles. The molecule has 0 saturated carbocycles. The summed E-state index contributed by atoms with van der Waals surface area (Å²) in [5.41, 5.74) is 2.51. The van der Waals surface area contributed by atoms with Crippen molar-refractivity contribution in [3.8, 4) is 23.0 Å². The topological polar surface area (TPSA) is 86.3 Å². The zero-order valence-electron chi connectivity index (χ0n) is 17.0. The number of nitrogens with one attached hydrogen (secondary N) is 1. The molecule has 0 aromatic heterocycles. The van der Waals surface area contributed by atoms with Gasteiger partial charge in [-0.2, -0.15) is 0 Å². The van der Waals surface area contributed by atoms with Crippen LogP contribution in [0.5, 0.6) is 23.0 Å². The second-order valence-electron chi connectivity index (χ2n) is 6.94. The van der Waals surface area contributed by atoms with Crippen LogP contribution in [-0.2, 0) is 13.2 Å². The SMILES string of the molecule is COc1cc(CNc2cc(C(=O)O)ccc2Cl)cc(Br)c1OCc1ccc2c(c1)OCO2. The Hall–Kier alpha value is -3.10. The molecule has 1 aliphatic heterocycles. The number of hydrogen-bond donors (Lipinski definition) is 2. The summed E-state index contributed by atoms with van der Waals surface area (Å²) < 4.78 is 23.0. The minimum atomic E-state index is -1.02. The summed E-state index contributed by atoms with van der Waals surface area (Å²) in [7, 11) is 1.57. The van der Waals surface area contributed by atoms with Gasteiger partial charge in [-0.15, -0.1) is 0 Å². The summed E-state index contributed by atoms with van der Waals surface area (Å²) in [6, 6.07) is 13.9. The fraction of sp³-hybridized carbons (Fsp3) is 0.174. The van der Waals surface area contributed by atoms with E-state index in [-0.39, 0.29) is 12.4 Å². The van der Waals surface area contributed by atoms with Crippen LogP contribution in [0.25, 0.3) is 0 Å². The van der Waals surface area contributed by atoms with Crippen molar-refractivity contribution in [3.05, 3.63) is 74.7 Å². The second kappa shape index (κ2) is 9.58. The molecule has 0 amide bonds. The molecule has 0 radical (unpaired) electrons. The number of rotatable bonds is 8. The van der Waals surface area contributed by atoms with Gasteiger partial charge >= 0.3 is 5.97 Å². The van der Waals surface area contributed by atoms with E-state index in [0.717, 1.165) is 21.3 Å². The lowest BCUT2D eigenvalue weighted by atomic mass is 10.1. The van der Waals surface area contributed by atoms with E-state index in [4.69, 9.17) is 30.5 Å². The normalized spacial score (nSPS) is 11.8. The molecule has 2 N–H and O–H groups in total. The fourth-order valence-electron chi connectivity index (χ4n) is 3.19. The van der Waals surface area contributed by atoms with Gasteiger partial charge in [0.05, 0.1) is 27.9 Å². The van der Waals surface area contributed by atoms with Crippen LogP contribution >= 0.6 is 27.5 Å². The monoisotopic (exact) mass is 519 g/mol. The number of fused-ring (bicyclic) bond motifs is 1. The molecule has 0 unspecified atom stereocenters. The lowest BCUT2D eigenvalue weighted by Gasteiger charge is -2.16. The van der Waals surface area contributed by atoms with Crippen molar-refractivity contribution in [1.82, 2.24) is 0 Å². The maximum Gasteiger partial charge on any atom is 0.335 e. The number of methoxy groups -OCH3 is 1. The van der Waals surface area contributed by atoms with Crippen molar-refractivity contribution in [2.45, 2.75) is 13.2 Å². The first-order valence-electron chi connectivity index (χ1n) is 9.59. The number of aromatic carboxylic acids is 1. The van der Waals surface area contributed by atoms with Gasteiger partial charge in [0.25, 0.3) is 0 Å². The van der Waals surface area contributed by atoms with E-state index in [1.807, 2.05) is 30.3 Å². The highest BCUT2D eigenvalue weighted by molar-refractivity contribution is 9.10. The molecule has 166 valence electrons. The molecular weight excluding hydrogens is 502 g/mol. The van der Waals surface area contributed by atoms with E-state index in [0.29, 0.717) is 41.1 Å². The number of carboxylic acids is 1. The lowest BCUT2D eigenvalue weighted by Crippen LogP contribution is -2.04. The fourth-order valence-corrected chi connectivity index (χ4v) is 3.98. The number of carbonyl (C=O) groups is 1. The highest BCUT2D eigenvalue weighted by Gasteiger charge is 2.16. The highest BCUT2D eigenvalue weighted by Crippen LogP contribution is 2.38. The second-order valence-corrected chi connectivity index (χ2v) is 8.20. The number of hydrogen-bond acceptors (Lipinski definition) is 6. The Labute approximate surface area is 197 Å². The molecule has 1 aliphatic rings. The molecule has 9 heteroatoms. The summed E-state index contributed by atoms with van der Waals surface area (Å²) in [6.45, 7) is 0.946. The van der Waals surface area contributed by atoms with Gasteiger partial charge in [-0.3, -0.25) is 0 Å². The molecular formula is C23H19BrClNO6. The Morgan fingerprint density at radius 3 is 2.72 bits per heavy atom. The van der Waals surface area contributed by atoms with E-state index in [1.54, 1.807) is 13.2 Å². The lowest BCUT2D eigenvalue weighted by molar-refractivity contribution is 0.0697. The molecule has 0 fully saturated rings. The molecule has 0 saturated heterocycles. The third kappa shape index (κ3) is 4.87. The average molecular weight is 521 g/mol. The minimum absolute atomic E-state index is 0.155. The van der Waals surface area contributed by atoms with Crippen LogP contribution in [0.3, 0.4) is 0 Å². The van der Waals surface area contributed by atoms with Crippen molar-refractivity contribution in [3.63, 3.8) is 0 Å². The van der Waals surface area contributed by atoms with E-state index >= 15 is 0 Å². The number of halogens is 2. The Morgan fingerprint density at radius 1 is 1.12 bits per heavy atom. The van der Waals surface area contributed by atoms with E-state index in [1.165, 1.54) is 12.1 Å². The van der Waals surface area contributed by atoms with Crippen LogP contribution in [0.1, 0.15) is 21.5 Å². The molecule has 3 aromatic carbocycles. The third-order valence-electron chi connectivity index (χ3n) is 4.81. The van der Waals surface area contributed by atoms with Crippen LogP contribution in [0.15, 0.2) is 53.0 Å². The molecule has 0 spiro atoms. The molecule has 32 heavy (non-hydrogen) atoms. The van der Waals surface area contributed by atoms with Crippen LogP contribution in [0.2, 0.25) is 5.02 Å². The number of ether oxygens (including phenoxy) is 4. The van der Waals surface area contributed by atoms with Crippen LogP contribution in [0, 0.1) is 0 Å². The number of carboxylic acid groups (broad SMARTS) is 1. The van der Waals surface area contributed by atoms with Crippen molar-refractivity contribution in [1.29, 1.82) is 0 Å². The Bertz CT molecular complexity index is 1170. The van der Waals surface area contributed by atoms with Crippen molar-refractivity contribution in [2.75, 3.05) is 19.2 Å². The largest absolute Gasteiger partial charge is 0.493 e. The van der Waals surface area contributed by atoms with Crippen LogP contribution < -0.4 is 24.3 Å². The van der Waals surface area contributed by atoms with Gasteiger partial charge in [-0.1, -0.05) is 17.7 Å². The van der Waals surface area contributed by atoms with Gasteiger partial charge in [-0.25, -0.2) is 4.79 Å². The Morgan fingerprint density at radius 2 is 1.94 bits per heavy atom. The van der Waals surface area contributed by atoms with E-state index < -0.39 is 5.97 Å².